The number of hydrogen-bond acceptors (Lipinski definition) is 3. The van der Waals surface area contributed by atoms with E-state index in [0.717, 1.165) is 16.3 Å². The highest BCUT2D eigenvalue weighted by Crippen LogP contribution is 2.22. The Kier molecular flexibility index (Phi) is 5.76. The van der Waals surface area contributed by atoms with Crippen LogP contribution in [0.2, 0.25) is 0 Å². The number of carbonyl (C=O) groups excluding carboxylic acids is 1. The van der Waals surface area contributed by atoms with Gasteiger partial charge in [0.15, 0.2) is 0 Å². The summed E-state index contributed by atoms with van der Waals surface area (Å²) in [5.41, 5.74) is 0.801. The van der Waals surface area contributed by atoms with Gasteiger partial charge in [-0.15, -0.1) is 0 Å². The molecule has 0 aliphatic carbocycles. The van der Waals surface area contributed by atoms with E-state index in [9.17, 15) is 14.4 Å². The van der Waals surface area contributed by atoms with Crippen molar-refractivity contribution < 1.29 is 4.79 Å². The summed E-state index contributed by atoms with van der Waals surface area (Å²) in [6.07, 6.45) is 4.04. The third-order valence-electron chi connectivity index (χ3n) is 5.30. The molecule has 0 fully saturated rings. The molecule has 0 amide bonds. The second-order valence-electron chi connectivity index (χ2n) is 7.22. The molecule has 31 heavy (non-hydrogen) atoms. The van der Waals surface area contributed by atoms with E-state index in [1.165, 1.54) is 4.57 Å². The predicted molar refractivity (Wildman–Crippen MR) is 124 cm³/mol. The first-order valence-corrected chi connectivity index (χ1v) is 10.2. The number of aromatic amines is 1. The molecule has 3 aromatic carbocycles. The van der Waals surface area contributed by atoms with E-state index >= 15 is 0 Å². The molecule has 0 spiro atoms. The largest absolute Gasteiger partial charge is 0.329 e. The summed E-state index contributed by atoms with van der Waals surface area (Å²) < 4.78 is 1.35. The summed E-state index contributed by atoms with van der Waals surface area (Å²) in [5, 5.41) is 1.71. The van der Waals surface area contributed by atoms with Crippen molar-refractivity contribution in [3.05, 3.63) is 122 Å². The topological polar surface area (TPSA) is 71.9 Å². The van der Waals surface area contributed by atoms with E-state index in [4.69, 9.17) is 0 Å². The molecule has 0 unspecified atom stereocenters. The first kappa shape index (κ1) is 20.3. The fraction of sp³-hybridized carbons (Fsp3) is 0.115. The smallest absolute Gasteiger partial charge is 0.287 e. The van der Waals surface area contributed by atoms with Crippen molar-refractivity contribution in [1.82, 2.24) is 9.55 Å². The number of fused-ring (bicyclic) bond motifs is 1. The van der Waals surface area contributed by atoms with E-state index in [0.29, 0.717) is 17.5 Å². The molecule has 4 rings (SSSR count). The van der Waals surface area contributed by atoms with Gasteiger partial charge in [-0.05, 0) is 22.8 Å². The zero-order chi connectivity index (χ0) is 21.8. The number of nitrogens with one attached hydrogen (secondary N) is 1. The molecule has 5 heteroatoms. The number of carbonyl (C=O) groups is 1. The van der Waals surface area contributed by atoms with Crippen molar-refractivity contribution in [2.45, 2.75) is 19.9 Å². The van der Waals surface area contributed by atoms with Crippen LogP contribution < -0.4 is 11.2 Å². The van der Waals surface area contributed by atoms with Gasteiger partial charge < -0.3 is 0 Å². The lowest BCUT2D eigenvalue weighted by Gasteiger charge is -2.14. The Morgan fingerprint density at radius 2 is 1.65 bits per heavy atom. The molecule has 0 saturated heterocycles. The van der Waals surface area contributed by atoms with Crippen LogP contribution >= 0.6 is 0 Å². The molecule has 1 N–H and O–H groups in total. The van der Waals surface area contributed by atoms with Crippen molar-refractivity contribution in [3.8, 4) is 0 Å². The standard InChI is InChI=1S/C26H22N2O3/c1-2-20-23(24(29)22-16-8-14-19-13-6-7-15-21(19)22)28(26(31)27-25(20)30)17-9-12-18-10-4-3-5-11-18/h3-16H,2,17H2,1H3,(H,27,30,31)/b12-9+. The summed E-state index contributed by atoms with van der Waals surface area (Å²) >= 11 is 0. The van der Waals surface area contributed by atoms with Crippen LogP contribution in [0.25, 0.3) is 16.8 Å². The third-order valence-corrected chi connectivity index (χ3v) is 5.30. The van der Waals surface area contributed by atoms with Gasteiger partial charge in [0.2, 0.25) is 5.78 Å². The van der Waals surface area contributed by atoms with Crippen molar-refractivity contribution in [2.24, 2.45) is 0 Å². The molecule has 1 aromatic heterocycles. The van der Waals surface area contributed by atoms with Gasteiger partial charge >= 0.3 is 5.69 Å². The van der Waals surface area contributed by atoms with Crippen molar-refractivity contribution >= 4 is 22.6 Å². The Morgan fingerprint density at radius 3 is 2.42 bits per heavy atom. The lowest BCUT2D eigenvalue weighted by Crippen LogP contribution is -2.37. The van der Waals surface area contributed by atoms with Gasteiger partial charge in [0, 0.05) is 17.7 Å². The summed E-state index contributed by atoms with van der Waals surface area (Å²) in [4.78, 5) is 41.2. The van der Waals surface area contributed by atoms with E-state index < -0.39 is 11.2 Å². The normalized spacial score (nSPS) is 11.3. The van der Waals surface area contributed by atoms with E-state index in [1.54, 1.807) is 13.0 Å². The van der Waals surface area contributed by atoms with Gasteiger partial charge in [-0.25, -0.2) is 4.79 Å². The zero-order valence-electron chi connectivity index (χ0n) is 17.2. The minimum atomic E-state index is -0.594. The van der Waals surface area contributed by atoms with Crippen LogP contribution in [0, 0.1) is 0 Å². The maximum atomic E-state index is 13.7. The van der Waals surface area contributed by atoms with Crippen LogP contribution in [-0.2, 0) is 13.0 Å². The maximum Gasteiger partial charge on any atom is 0.329 e. The Bertz CT molecular complexity index is 1390. The molecule has 0 radical (unpaired) electrons. The minimum absolute atomic E-state index is 0.144. The first-order valence-electron chi connectivity index (χ1n) is 10.2. The van der Waals surface area contributed by atoms with Crippen molar-refractivity contribution in [1.29, 1.82) is 0 Å². The number of benzene rings is 3. The molecule has 0 atom stereocenters. The lowest BCUT2D eigenvalue weighted by molar-refractivity contribution is 0.102. The van der Waals surface area contributed by atoms with Crippen LogP contribution in [0.3, 0.4) is 0 Å². The Balaban J connectivity index is 1.85. The number of ketones is 1. The molecule has 0 bridgehead atoms. The van der Waals surface area contributed by atoms with Crippen LogP contribution in [-0.4, -0.2) is 15.3 Å². The maximum absolute atomic E-state index is 13.7. The highest BCUT2D eigenvalue weighted by Gasteiger charge is 2.22. The van der Waals surface area contributed by atoms with Gasteiger partial charge in [0.25, 0.3) is 5.56 Å². The van der Waals surface area contributed by atoms with E-state index in [1.807, 2.05) is 78.9 Å². The van der Waals surface area contributed by atoms with Crippen LogP contribution in [0.4, 0.5) is 0 Å². The first-order chi connectivity index (χ1) is 15.1. The van der Waals surface area contributed by atoms with Gasteiger partial charge in [0.05, 0.1) is 0 Å². The lowest BCUT2D eigenvalue weighted by atomic mass is 9.97. The van der Waals surface area contributed by atoms with E-state index in [2.05, 4.69) is 4.98 Å². The number of aromatic nitrogens is 2. The molecular weight excluding hydrogens is 388 g/mol. The Hall–Kier alpha value is -3.99. The molecule has 154 valence electrons. The van der Waals surface area contributed by atoms with Crippen molar-refractivity contribution in [3.63, 3.8) is 0 Å². The fourth-order valence-electron chi connectivity index (χ4n) is 3.78. The van der Waals surface area contributed by atoms with Gasteiger partial charge in [-0.3, -0.25) is 19.1 Å². The second-order valence-corrected chi connectivity index (χ2v) is 7.22. The molecule has 0 aliphatic rings. The number of H-pyrrole nitrogens is 1. The van der Waals surface area contributed by atoms with Gasteiger partial charge in [-0.1, -0.05) is 91.9 Å². The molecule has 4 aromatic rings. The summed E-state index contributed by atoms with van der Waals surface area (Å²) in [7, 11) is 0. The Morgan fingerprint density at radius 1 is 0.935 bits per heavy atom. The quantitative estimate of drug-likeness (QED) is 0.484. The number of hydrogen-bond donors (Lipinski definition) is 1. The second kappa shape index (κ2) is 8.79. The number of allylic oxidation sites excluding steroid dienone is 1. The predicted octanol–water partition coefficient (Wildman–Crippen LogP) is 4.20. The highest BCUT2D eigenvalue weighted by molar-refractivity contribution is 6.16. The van der Waals surface area contributed by atoms with Crippen molar-refractivity contribution in [2.75, 3.05) is 0 Å². The number of nitrogens with zero attached hydrogens (tertiary/aromatic N) is 1. The average molecular weight is 410 g/mol. The highest BCUT2D eigenvalue weighted by atomic mass is 16.2. The van der Waals surface area contributed by atoms with Crippen LogP contribution in [0.15, 0.2) is 88.5 Å². The third kappa shape index (κ3) is 4.03. The average Bonchev–Trinajstić information content (AvgIpc) is 2.80. The van der Waals surface area contributed by atoms with Crippen LogP contribution in [0.5, 0.6) is 0 Å². The SMILES string of the molecule is CCc1c(C(=O)c2cccc3ccccc23)n(C/C=C/c2ccccc2)c(=O)[nH]c1=O. The van der Waals surface area contributed by atoms with Gasteiger partial charge in [-0.2, -0.15) is 0 Å². The number of rotatable bonds is 6. The van der Waals surface area contributed by atoms with Gasteiger partial charge in [0.1, 0.15) is 5.69 Å². The monoisotopic (exact) mass is 410 g/mol. The summed E-state index contributed by atoms with van der Waals surface area (Å²) in [6.45, 7) is 1.97. The molecular formula is C26H22N2O3. The summed E-state index contributed by atoms with van der Waals surface area (Å²) in [6, 6.07) is 22.7. The molecule has 0 aliphatic heterocycles. The molecule has 5 nitrogen and oxygen atoms in total. The van der Waals surface area contributed by atoms with E-state index in [-0.39, 0.29) is 18.0 Å². The van der Waals surface area contributed by atoms with Crippen LogP contribution in [0.1, 0.15) is 34.1 Å². The minimum Gasteiger partial charge on any atom is -0.287 e. The zero-order valence-corrected chi connectivity index (χ0v) is 17.2. The molecule has 0 saturated carbocycles. The summed E-state index contributed by atoms with van der Waals surface area (Å²) in [5.74, 6) is -0.329. The Labute approximate surface area is 179 Å². The fourth-order valence-corrected chi connectivity index (χ4v) is 3.78. The molecule has 1 heterocycles.